The summed E-state index contributed by atoms with van der Waals surface area (Å²) in [6.07, 6.45) is 1.67. The number of fused-ring (bicyclic) bond motifs is 1. The van der Waals surface area contributed by atoms with E-state index in [1.165, 1.54) is 6.08 Å². The van der Waals surface area contributed by atoms with Gasteiger partial charge in [0.25, 0.3) is 0 Å². The smallest absolute Gasteiger partial charge is 0.381 e. The van der Waals surface area contributed by atoms with E-state index in [0.717, 1.165) is 32.2 Å². The summed E-state index contributed by atoms with van der Waals surface area (Å²) in [5.74, 6) is 0.718. The number of nitrogens with two attached hydrogens (primary N) is 1. The summed E-state index contributed by atoms with van der Waals surface area (Å²) in [4.78, 5) is 0. The average Bonchev–Trinajstić information content (AvgIpc) is 2.88. The fraction of sp³-hybridized carbons (Fsp3) is 0.875. The number of rotatable bonds is 4. The van der Waals surface area contributed by atoms with Crippen LogP contribution in [-0.4, -0.2) is 44.1 Å². The van der Waals surface area contributed by atoms with Gasteiger partial charge in [0.2, 0.25) is 0 Å². The van der Waals surface area contributed by atoms with E-state index < -0.39 is 11.9 Å². The van der Waals surface area contributed by atoms with Gasteiger partial charge in [-0.3, -0.25) is 0 Å². The Morgan fingerprint density at radius 2 is 2.09 bits per heavy atom. The molecule has 1 saturated heterocycles. The summed E-state index contributed by atoms with van der Waals surface area (Å²) in [5, 5.41) is 5.96. The maximum absolute atomic E-state index is 12.5. The van der Waals surface area contributed by atoms with Crippen molar-refractivity contribution in [1.82, 2.24) is 10.6 Å². The molecule has 1 saturated carbocycles. The first-order valence-electron chi connectivity index (χ1n) is 8.55. The lowest BCUT2D eigenvalue weighted by atomic mass is 9.81. The first-order valence-corrected chi connectivity index (χ1v) is 8.55. The molecule has 7 heteroatoms. The van der Waals surface area contributed by atoms with E-state index in [1.807, 2.05) is 0 Å². The lowest BCUT2D eigenvalue weighted by Gasteiger charge is -2.33. The van der Waals surface area contributed by atoms with E-state index in [0.29, 0.717) is 31.5 Å². The molecule has 23 heavy (non-hydrogen) atoms. The highest BCUT2D eigenvalue weighted by molar-refractivity contribution is 5.10. The summed E-state index contributed by atoms with van der Waals surface area (Å²) >= 11 is 0. The third-order valence-corrected chi connectivity index (χ3v) is 5.44. The fourth-order valence-corrected chi connectivity index (χ4v) is 4.01. The molecule has 0 spiro atoms. The second kappa shape index (κ2) is 6.99. The van der Waals surface area contributed by atoms with Gasteiger partial charge in [-0.15, -0.1) is 0 Å². The number of alkyl halides is 3. The van der Waals surface area contributed by atoms with Gasteiger partial charge in [-0.2, -0.15) is 13.2 Å². The summed E-state index contributed by atoms with van der Waals surface area (Å²) in [7, 11) is 0. The highest BCUT2D eigenvalue weighted by Gasteiger charge is 2.39. The van der Waals surface area contributed by atoms with Gasteiger partial charge in [-0.05, 0) is 43.9 Å². The van der Waals surface area contributed by atoms with Gasteiger partial charge in [0, 0.05) is 31.8 Å². The monoisotopic (exact) mass is 333 g/mol. The Morgan fingerprint density at radius 3 is 2.78 bits per heavy atom. The quantitative estimate of drug-likeness (QED) is 0.736. The first-order chi connectivity index (χ1) is 10.9. The van der Waals surface area contributed by atoms with E-state index >= 15 is 0 Å². The van der Waals surface area contributed by atoms with Crippen molar-refractivity contribution in [2.24, 2.45) is 17.6 Å². The van der Waals surface area contributed by atoms with Crippen LogP contribution >= 0.6 is 0 Å². The van der Waals surface area contributed by atoms with Gasteiger partial charge in [-0.25, -0.2) is 0 Å². The van der Waals surface area contributed by atoms with Gasteiger partial charge < -0.3 is 21.1 Å². The molecular formula is C16H26F3N3O. The number of halogens is 3. The van der Waals surface area contributed by atoms with Crippen LogP contribution in [0.4, 0.5) is 13.2 Å². The van der Waals surface area contributed by atoms with E-state index in [1.54, 1.807) is 0 Å². The van der Waals surface area contributed by atoms with Crippen molar-refractivity contribution in [1.29, 1.82) is 0 Å². The third kappa shape index (κ3) is 4.19. The molecule has 0 aromatic carbocycles. The zero-order valence-corrected chi connectivity index (χ0v) is 13.2. The zero-order valence-electron chi connectivity index (χ0n) is 13.2. The molecule has 2 aliphatic heterocycles. The molecule has 0 aromatic heterocycles. The highest BCUT2D eigenvalue weighted by atomic mass is 19.4. The van der Waals surface area contributed by atoms with Crippen molar-refractivity contribution >= 4 is 0 Å². The van der Waals surface area contributed by atoms with Crippen LogP contribution < -0.4 is 16.4 Å². The predicted molar refractivity (Wildman–Crippen MR) is 81.7 cm³/mol. The Morgan fingerprint density at radius 1 is 1.26 bits per heavy atom. The molecule has 3 rings (SSSR count). The molecule has 3 aliphatic rings. The Hall–Kier alpha value is -0.790. The lowest BCUT2D eigenvalue weighted by molar-refractivity contribution is -0.0984. The average molecular weight is 333 g/mol. The Labute approximate surface area is 135 Å². The number of hydrogen-bond acceptors (Lipinski definition) is 4. The van der Waals surface area contributed by atoms with Gasteiger partial charge in [-0.1, -0.05) is 6.08 Å². The second-order valence-electron chi connectivity index (χ2n) is 7.04. The van der Waals surface area contributed by atoms with E-state index in [2.05, 4.69) is 10.6 Å². The van der Waals surface area contributed by atoms with E-state index in [-0.39, 0.29) is 18.1 Å². The number of hydrogen-bond donors (Lipinski definition) is 3. The van der Waals surface area contributed by atoms with Crippen LogP contribution in [0.5, 0.6) is 0 Å². The molecule has 4 nitrogen and oxygen atoms in total. The zero-order chi connectivity index (χ0) is 16.4. The molecule has 5 unspecified atom stereocenters. The predicted octanol–water partition coefficient (Wildman–Crippen LogP) is 1.92. The number of ether oxygens (including phenoxy) is 1. The molecule has 0 amide bonds. The minimum absolute atomic E-state index is 0.216. The maximum atomic E-state index is 12.5. The van der Waals surface area contributed by atoms with Gasteiger partial charge in [0.15, 0.2) is 0 Å². The Balaban J connectivity index is 1.37. The third-order valence-electron chi connectivity index (χ3n) is 5.44. The summed E-state index contributed by atoms with van der Waals surface area (Å²) in [6, 6.07) is 0.762. The SMILES string of the molecule is NC1CNC2CCC(OCCC3CC=C(C(F)(F)F)NC3)CC12. The molecule has 0 aromatic rings. The summed E-state index contributed by atoms with van der Waals surface area (Å²) in [5.41, 5.74) is 5.52. The Kier molecular flexibility index (Phi) is 5.18. The molecule has 5 atom stereocenters. The van der Waals surface area contributed by atoms with E-state index in [4.69, 9.17) is 10.5 Å². The number of allylic oxidation sites excluding steroid dienone is 2. The van der Waals surface area contributed by atoms with Crippen molar-refractivity contribution in [2.45, 2.75) is 56.5 Å². The minimum atomic E-state index is -4.26. The van der Waals surface area contributed by atoms with Crippen molar-refractivity contribution in [3.63, 3.8) is 0 Å². The van der Waals surface area contributed by atoms with Crippen LogP contribution in [0, 0.1) is 11.8 Å². The normalized spacial score (nSPS) is 37.9. The Bertz CT molecular complexity index is 441. The second-order valence-corrected chi connectivity index (χ2v) is 7.04. The van der Waals surface area contributed by atoms with E-state index in [9.17, 15) is 13.2 Å². The maximum Gasteiger partial charge on any atom is 0.430 e. The van der Waals surface area contributed by atoms with Crippen molar-refractivity contribution in [2.75, 3.05) is 19.7 Å². The molecule has 132 valence electrons. The van der Waals surface area contributed by atoms with Crippen LogP contribution in [0.15, 0.2) is 11.8 Å². The van der Waals surface area contributed by atoms with Gasteiger partial charge in [0.05, 0.1) is 6.10 Å². The highest BCUT2D eigenvalue weighted by Crippen LogP contribution is 2.32. The lowest BCUT2D eigenvalue weighted by Crippen LogP contribution is -2.40. The standard InChI is InChI=1S/C16H26F3N3O/c17-16(18,19)15-4-1-10(8-22-15)5-6-23-11-2-3-14-12(7-11)13(20)9-21-14/h4,10-14,21-22H,1-3,5-9,20H2. The van der Waals surface area contributed by atoms with Gasteiger partial charge in [0.1, 0.15) is 5.70 Å². The largest absolute Gasteiger partial charge is 0.430 e. The van der Waals surface area contributed by atoms with Gasteiger partial charge >= 0.3 is 6.18 Å². The van der Waals surface area contributed by atoms with Crippen molar-refractivity contribution in [3.05, 3.63) is 11.8 Å². The molecule has 2 fully saturated rings. The molecule has 4 N–H and O–H groups in total. The van der Waals surface area contributed by atoms with Crippen LogP contribution in [0.25, 0.3) is 0 Å². The molecule has 1 aliphatic carbocycles. The molecular weight excluding hydrogens is 307 g/mol. The van der Waals surface area contributed by atoms with Crippen LogP contribution in [0.2, 0.25) is 0 Å². The molecule has 2 heterocycles. The summed E-state index contributed by atoms with van der Waals surface area (Å²) < 4.78 is 43.6. The first kappa shape index (κ1) is 17.0. The van der Waals surface area contributed by atoms with Crippen LogP contribution in [0.3, 0.4) is 0 Å². The fourth-order valence-electron chi connectivity index (χ4n) is 4.01. The topological polar surface area (TPSA) is 59.3 Å². The summed E-state index contributed by atoms with van der Waals surface area (Å²) in [6.45, 7) is 1.88. The molecule has 0 bridgehead atoms. The molecule has 0 radical (unpaired) electrons. The minimum Gasteiger partial charge on any atom is -0.381 e. The van der Waals surface area contributed by atoms with Crippen LogP contribution in [0.1, 0.15) is 32.1 Å². The van der Waals surface area contributed by atoms with Crippen LogP contribution in [-0.2, 0) is 4.74 Å². The van der Waals surface area contributed by atoms with Crippen molar-refractivity contribution < 1.29 is 17.9 Å². The number of nitrogens with one attached hydrogen (secondary N) is 2. The van der Waals surface area contributed by atoms with Crippen molar-refractivity contribution in [3.8, 4) is 0 Å².